The number of sulfonamides is 1. The van der Waals surface area contributed by atoms with Gasteiger partial charge >= 0.3 is 0 Å². The molecule has 1 N–H and O–H groups in total. The molecule has 1 saturated heterocycles. The van der Waals surface area contributed by atoms with Crippen LogP contribution in [0.4, 0.5) is 0 Å². The molecule has 118 valence electrons. The highest BCUT2D eigenvalue weighted by Gasteiger charge is 2.33. The van der Waals surface area contributed by atoms with E-state index in [-0.39, 0.29) is 24.4 Å². The molecular formula is C14H22N2O3S2. The number of nitrogens with one attached hydrogen (secondary N) is 1. The van der Waals surface area contributed by atoms with E-state index in [1.807, 2.05) is 13.8 Å². The van der Waals surface area contributed by atoms with E-state index in [0.29, 0.717) is 10.8 Å². The fraction of sp³-hybridized carbons (Fsp3) is 0.643. The van der Waals surface area contributed by atoms with Crippen molar-refractivity contribution >= 4 is 27.3 Å². The van der Waals surface area contributed by atoms with Crippen molar-refractivity contribution in [3.05, 3.63) is 17.5 Å². The lowest BCUT2D eigenvalue weighted by Crippen LogP contribution is -2.46. The summed E-state index contributed by atoms with van der Waals surface area (Å²) in [5, 5.41) is 4.70. The maximum Gasteiger partial charge on any atom is 0.252 e. The molecule has 1 aromatic heterocycles. The van der Waals surface area contributed by atoms with Gasteiger partial charge in [0.15, 0.2) is 0 Å². The van der Waals surface area contributed by atoms with Crippen LogP contribution in [0.25, 0.3) is 0 Å². The van der Waals surface area contributed by atoms with E-state index in [2.05, 4.69) is 5.32 Å². The maximum atomic E-state index is 12.5. The molecule has 1 amide bonds. The Balaban J connectivity index is 2.06. The second-order valence-corrected chi connectivity index (χ2v) is 8.56. The van der Waals surface area contributed by atoms with Crippen LogP contribution in [0.1, 0.15) is 33.1 Å². The molecule has 0 unspecified atom stereocenters. The van der Waals surface area contributed by atoms with Gasteiger partial charge in [0.05, 0.1) is 5.92 Å². The number of hydrogen-bond donors (Lipinski definition) is 1. The Labute approximate surface area is 130 Å². The van der Waals surface area contributed by atoms with Crippen LogP contribution in [-0.2, 0) is 14.8 Å². The van der Waals surface area contributed by atoms with Crippen LogP contribution in [0, 0.1) is 5.92 Å². The SMILES string of the molecule is CC[C@@H](C)NC(=O)[C@H]1CCCN(S(=O)(=O)c2cccs2)C1. The van der Waals surface area contributed by atoms with Gasteiger partial charge in [-0.05, 0) is 37.6 Å². The van der Waals surface area contributed by atoms with Crippen molar-refractivity contribution in [2.45, 2.75) is 43.4 Å². The van der Waals surface area contributed by atoms with Crippen molar-refractivity contribution in [2.75, 3.05) is 13.1 Å². The van der Waals surface area contributed by atoms with Crippen LogP contribution < -0.4 is 5.32 Å². The minimum Gasteiger partial charge on any atom is -0.353 e. The van der Waals surface area contributed by atoms with Gasteiger partial charge in [-0.15, -0.1) is 11.3 Å². The van der Waals surface area contributed by atoms with Crippen LogP contribution in [-0.4, -0.2) is 37.8 Å². The summed E-state index contributed by atoms with van der Waals surface area (Å²) in [7, 11) is -3.45. The Hall–Kier alpha value is -0.920. The largest absolute Gasteiger partial charge is 0.353 e. The van der Waals surface area contributed by atoms with Gasteiger partial charge in [0.1, 0.15) is 4.21 Å². The predicted octanol–water partition coefficient (Wildman–Crippen LogP) is 2.06. The standard InChI is InChI=1S/C14H22N2O3S2/c1-3-11(2)15-14(17)12-6-4-8-16(10-12)21(18,19)13-7-5-9-20-13/h5,7,9,11-12H,3-4,6,8,10H2,1-2H3,(H,15,17)/t11-,12+/m1/s1. The third-order valence-corrected chi connectivity index (χ3v) is 7.08. The van der Waals surface area contributed by atoms with Crippen molar-refractivity contribution in [1.29, 1.82) is 0 Å². The summed E-state index contributed by atoms with van der Waals surface area (Å²) < 4.78 is 26.8. The number of piperidine rings is 1. The van der Waals surface area contributed by atoms with Gasteiger partial charge in [0, 0.05) is 19.1 Å². The van der Waals surface area contributed by atoms with Crippen molar-refractivity contribution in [1.82, 2.24) is 9.62 Å². The summed E-state index contributed by atoms with van der Waals surface area (Å²) in [6, 6.07) is 3.47. The zero-order valence-corrected chi connectivity index (χ0v) is 14.0. The quantitative estimate of drug-likeness (QED) is 0.899. The normalized spacial score (nSPS) is 21.9. The summed E-state index contributed by atoms with van der Waals surface area (Å²) in [4.78, 5) is 12.2. The summed E-state index contributed by atoms with van der Waals surface area (Å²) in [6.07, 6.45) is 2.34. The van der Waals surface area contributed by atoms with Crippen molar-refractivity contribution < 1.29 is 13.2 Å². The highest BCUT2D eigenvalue weighted by Crippen LogP contribution is 2.26. The Bertz CT molecular complexity index is 569. The van der Waals surface area contributed by atoms with Crippen molar-refractivity contribution in [2.24, 2.45) is 5.92 Å². The van der Waals surface area contributed by atoms with Gasteiger partial charge in [0.2, 0.25) is 5.91 Å². The molecule has 5 nitrogen and oxygen atoms in total. The number of amides is 1. The predicted molar refractivity (Wildman–Crippen MR) is 83.7 cm³/mol. The van der Waals surface area contributed by atoms with Crippen LogP contribution in [0.2, 0.25) is 0 Å². The number of carbonyl (C=O) groups is 1. The van der Waals surface area contributed by atoms with E-state index >= 15 is 0 Å². The summed E-state index contributed by atoms with van der Waals surface area (Å²) in [5.41, 5.74) is 0. The Morgan fingerprint density at radius 2 is 2.33 bits per heavy atom. The molecule has 21 heavy (non-hydrogen) atoms. The maximum absolute atomic E-state index is 12.5. The van der Waals surface area contributed by atoms with E-state index in [0.717, 1.165) is 19.3 Å². The van der Waals surface area contributed by atoms with Crippen molar-refractivity contribution in [3.63, 3.8) is 0 Å². The molecule has 7 heteroatoms. The van der Waals surface area contributed by atoms with Gasteiger partial charge in [-0.25, -0.2) is 8.42 Å². The zero-order valence-electron chi connectivity index (χ0n) is 12.4. The fourth-order valence-electron chi connectivity index (χ4n) is 2.38. The molecule has 0 spiro atoms. The first kappa shape index (κ1) is 16.5. The third kappa shape index (κ3) is 3.84. The molecule has 1 aliphatic heterocycles. The van der Waals surface area contributed by atoms with E-state index in [1.165, 1.54) is 15.6 Å². The van der Waals surface area contributed by atoms with Gasteiger partial charge in [-0.1, -0.05) is 13.0 Å². The third-order valence-electron chi connectivity index (χ3n) is 3.85. The van der Waals surface area contributed by atoms with Gasteiger partial charge in [0.25, 0.3) is 10.0 Å². The topological polar surface area (TPSA) is 66.5 Å². The highest BCUT2D eigenvalue weighted by atomic mass is 32.2. The number of hydrogen-bond acceptors (Lipinski definition) is 4. The van der Waals surface area contributed by atoms with Crippen LogP contribution >= 0.6 is 11.3 Å². The molecule has 0 aromatic carbocycles. The second kappa shape index (κ2) is 6.89. The zero-order chi connectivity index (χ0) is 15.5. The minimum atomic E-state index is -3.45. The van der Waals surface area contributed by atoms with E-state index in [4.69, 9.17) is 0 Å². The molecule has 0 radical (unpaired) electrons. The summed E-state index contributed by atoms with van der Waals surface area (Å²) in [6.45, 7) is 4.75. The Kier molecular flexibility index (Phi) is 5.40. The first-order chi connectivity index (χ1) is 9.95. The van der Waals surface area contributed by atoms with E-state index in [1.54, 1.807) is 17.5 Å². The van der Waals surface area contributed by atoms with Crippen LogP contribution in [0.3, 0.4) is 0 Å². The summed E-state index contributed by atoms with van der Waals surface area (Å²) >= 11 is 1.22. The second-order valence-electron chi connectivity index (χ2n) is 5.45. The number of thiophene rings is 1. The van der Waals surface area contributed by atoms with Crippen LogP contribution in [0.15, 0.2) is 21.7 Å². The average Bonchev–Trinajstić information content (AvgIpc) is 3.02. The molecule has 1 aromatic rings. The van der Waals surface area contributed by atoms with Crippen molar-refractivity contribution in [3.8, 4) is 0 Å². The van der Waals surface area contributed by atoms with Gasteiger partial charge in [-0.2, -0.15) is 4.31 Å². The number of nitrogens with zero attached hydrogens (tertiary/aromatic N) is 1. The molecule has 1 fully saturated rings. The monoisotopic (exact) mass is 330 g/mol. The van der Waals surface area contributed by atoms with Gasteiger partial charge in [-0.3, -0.25) is 4.79 Å². The minimum absolute atomic E-state index is 0.0320. The Morgan fingerprint density at radius 3 is 2.95 bits per heavy atom. The first-order valence-electron chi connectivity index (χ1n) is 7.29. The van der Waals surface area contributed by atoms with Crippen LogP contribution in [0.5, 0.6) is 0 Å². The molecule has 2 rings (SSSR count). The lowest BCUT2D eigenvalue weighted by atomic mass is 9.98. The fourth-order valence-corrected chi connectivity index (χ4v) is 5.04. The van der Waals surface area contributed by atoms with E-state index in [9.17, 15) is 13.2 Å². The molecule has 0 saturated carbocycles. The Morgan fingerprint density at radius 1 is 1.57 bits per heavy atom. The molecule has 0 aliphatic carbocycles. The molecule has 2 heterocycles. The lowest BCUT2D eigenvalue weighted by Gasteiger charge is -2.31. The number of carbonyl (C=O) groups excluding carboxylic acids is 1. The first-order valence-corrected chi connectivity index (χ1v) is 9.61. The molecule has 0 bridgehead atoms. The molecular weight excluding hydrogens is 308 g/mol. The molecule has 2 atom stereocenters. The average molecular weight is 330 g/mol. The highest BCUT2D eigenvalue weighted by molar-refractivity contribution is 7.91. The summed E-state index contributed by atoms with van der Waals surface area (Å²) in [5.74, 6) is -0.280. The lowest BCUT2D eigenvalue weighted by molar-refractivity contribution is -0.126. The van der Waals surface area contributed by atoms with Gasteiger partial charge < -0.3 is 5.32 Å². The number of rotatable bonds is 5. The molecule has 1 aliphatic rings. The van der Waals surface area contributed by atoms with E-state index < -0.39 is 10.0 Å². The smallest absolute Gasteiger partial charge is 0.252 e.